The number of benzene rings is 3. The van der Waals surface area contributed by atoms with Gasteiger partial charge in [0.05, 0.1) is 10.0 Å². The molecule has 0 fully saturated rings. The number of para-hydroxylation sites is 2. The third-order valence-electron chi connectivity index (χ3n) is 6.06. The predicted octanol–water partition coefficient (Wildman–Crippen LogP) is 7.07. The summed E-state index contributed by atoms with van der Waals surface area (Å²) in [4.78, 5) is 9.30. The van der Waals surface area contributed by atoms with Gasteiger partial charge in [-0.2, -0.15) is 0 Å². The minimum Gasteiger partial charge on any atom is -0.506 e. The van der Waals surface area contributed by atoms with E-state index in [2.05, 4.69) is 9.97 Å². The number of aryl methyl sites for hydroxylation is 4. The van der Waals surface area contributed by atoms with Gasteiger partial charge in [0.25, 0.3) is 0 Å². The van der Waals surface area contributed by atoms with E-state index in [1.807, 2.05) is 60.7 Å². The van der Waals surface area contributed by atoms with E-state index < -0.39 is 0 Å². The summed E-state index contributed by atoms with van der Waals surface area (Å²) in [5.41, 5.74) is 5.24. The summed E-state index contributed by atoms with van der Waals surface area (Å²) in [6.45, 7) is 0. The lowest BCUT2D eigenvalue weighted by Crippen LogP contribution is -2.02. The Kier molecular flexibility index (Phi) is 6.27. The van der Waals surface area contributed by atoms with Crippen molar-refractivity contribution in [3.05, 3.63) is 105 Å². The fourth-order valence-corrected chi connectivity index (χ4v) is 4.61. The van der Waals surface area contributed by atoms with E-state index in [-0.39, 0.29) is 11.5 Å². The second kappa shape index (κ2) is 9.49. The van der Waals surface area contributed by atoms with Gasteiger partial charge < -0.3 is 10.2 Å². The van der Waals surface area contributed by atoms with Gasteiger partial charge in [-0.05, 0) is 73.2 Å². The predicted molar refractivity (Wildman–Crippen MR) is 138 cm³/mol. The van der Waals surface area contributed by atoms with E-state index in [9.17, 15) is 10.2 Å². The maximum atomic E-state index is 10.1. The van der Waals surface area contributed by atoms with Crippen LogP contribution in [0.15, 0.2) is 72.8 Å². The highest BCUT2D eigenvalue weighted by Crippen LogP contribution is 2.29. The van der Waals surface area contributed by atoms with Crippen LogP contribution in [0.3, 0.4) is 0 Å². The summed E-state index contributed by atoms with van der Waals surface area (Å²) in [5.74, 6) is 0.368. The first-order valence-corrected chi connectivity index (χ1v) is 11.9. The van der Waals surface area contributed by atoms with Crippen molar-refractivity contribution in [2.75, 3.05) is 0 Å². The lowest BCUT2D eigenvalue weighted by molar-refractivity contribution is 0.479. The Labute approximate surface area is 207 Å². The number of pyridine rings is 2. The van der Waals surface area contributed by atoms with Crippen LogP contribution in [0.4, 0.5) is 0 Å². The van der Waals surface area contributed by atoms with Crippen LogP contribution in [0, 0.1) is 0 Å². The Morgan fingerprint density at radius 2 is 1.00 bits per heavy atom. The fraction of sp³-hybridized carbons (Fsp3) is 0.143. The van der Waals surface area contributed by atoms with Crippen molar-refractivity contribution in [3.63, 3.8) is 0 Å². The zero-order valence-corrected chi connectivity index (χ0v) is 19.8. The molecule has 0 aliphatic carbocycles. The largest absolute Gasteiger partial charge is 0.506 e. The molecule has 0 aliphatic heterocycles. The lowest BCUT2D eigenvalue weighted by atomic mass is 9.97. The van der Waals surface area contributed by atoms with Gasteiger partial charge in [0.1, 0.15) is 22.5 Å². The van der Waals surface area contributed by atoms with Crippen molar-refractivity contribution in [1.29, 1.82) is 0 Å². The van der Waals surface area contributed by atoms with Crippen LogP contribution in [0.2, 0.25) is 10.0 Å². The highest BCUT2D eigenvalue weighted by Gasteiger charge is 2.11. The van der Waals surface area contributed by atoms with Crippen molar-refractivity contribution in [2.24, 2.45) is 0 Å². The fourth-order valence-electron chi connectivity index (χ4n) is 4.24. The molecule has 2 heterocycles. The van der Waals surface area contributed by atoms with Crippen LogP contribution in [0.5, 0.6) is 11.5 Å². The van der Waals surface area contributed by atoms with Crippen LogP contribution in [0.25, 0.3) is 21.8 Å². The van der Waals surface area contributed by atoms with E-state index in [1.165, 1.54) is 0 Å². The normalized spacial score (nSPS) is 11.4. The van der Waals surface area contributed by atoms with E-state index in [0.29, 0.717) is 33.9 Å². The smallest absolute Gasteiger partial charge is 0.141 e. The summed E-state index contributed by atoms with van der Waals surface area (Å²) in [6, 6.07) is 22.6. The topological polar surface area (TPSA) is 66.2 Å². The lowest BCUT2D eigenvalue weighted by Gasteiger charge is -2.12. The molecule has 0 saturated carbocycles. The Balaban J connectivity index is 1.37. The number of hydrogen-bond donors (Lipinski definition) is 2. The second-order valence-corrected chi connectivity index (χ2v) is 9.15. The Morgan fingerprint density at radius 3 is 1.44 bits per heavy atom. The van der Waals surface area contributed by atoms with E-state index >= 15 is 0 Å². The van der Waals surface area contributed by atoms with E-state index in [4.69, 9.17) is 23.2 Å². The molecular weight excluding hydrogens is 467 g/mol. The van der Waals surface area contributed by atoms with Gasteiger partial charge >= 0.3 is 0 Å². The van der Waals surface area contributed by atoms with Gasteiger partial charge in [0, 0.05) is 22.2 Å². The van der Waals surface area contributed by atoms with Crippen molar-refractivity contribution in [1.82, 2.24) is 9.97 Å². The molecule has 3 aromatic carbocycles. The molecule has 170 valence electrons. The SMILES string of the molecule is Oc1cccc2ccc(CCc3cc(Cl)c(Cl)cc3CCc3ccc4cccc(O)c4n3)nc12. The molecule has 0 spiro atoms. The number of rotatable bonds is 6. The molecule has 0 amide bonds. The Morgan fingerprint density at radius 1 is 0.559 bits per heavy atom. The maximum Gasteiger partial charge on any atom is 0.141 e. The first kappa shape index (κ1) is 22.5. The van der Waals surface area contributed by atoms with Crippen LogP contribution < -0.4 is 0 Å². The summed E-state index contributed by atoms with van der Waals surface area (Å²) in [5, 5.41) is 23.1. The molecule has 2 N–H and O–H groups in total. The first-order chi connectivity index (χ1) is 16.5. The van der Waals surface area contributed by atoms with Crippen molar-refractivity contribution >= 4 is 45.0 Å². The number of halogens is 2. The molecule has 0 atom stereocenters. The zero-order valence-electron chi connectivity index (χ0n) is 18.3. The minimum absolute atomic E-state index is 0.184. The molecular formula is C28H22Cl2N2O2. The number of phenolic OH excluding ortho intramolecular Hbond substituents is 2. The molecule has 34 heavy (non-hydrogen) atoms. The summed E-state index contributed by atoms with van der Waals surface area (Å²) in [7, 11) is 0. The summed E-state index contributed by atoms with van der Waals surface area (Å²) in [6.07, 6.45) is 2.89. The third-order valence-corrected chi connectivity index (χ3v) is 6.78. The van der Waals surface area contributed by atoms with Gasteiger partial charge in [-0.1, -0.05) is 59.6 Å². The quantitative estimate of drug-likeness (QED) is 0.268. The van der Waals surface area contributed by atoms with Crippen LogP contribution in [-0.2, 0) is 25.7 Å². The summed E-state index contributed by atoms with van der Waals surface area (Å²) < 4.78 is 0. The number of hydrogen-bond acceptors (Lipinski definition) is 4. The number of fused-ring (bicyclic) bond motifs is 2. The molecule has 0 unspecified atom stereocenters. The summed E-state index contributed by atoms with van der Waals surface area (Å²) >= 11 is 12.7. The van der Waals surface area contributed by atoms with Gasteiger partial charge in [0.15, 0.2) is 0 Å². The first-order valence-electron chi connectivity index (χ1n) is 11.1. The number of phenols is 2. The van der Waals surface area contributed by atoms with Crippen molar-refractivity contribution in [2.45, 2.75) is 25.7 Å². The average Bonchev–Trinajstić information content (AvgIpc) is 2.84. The highest BCUT2D eigenvalue weighted by molar-refractivity contribution is 6.42. The van der Waals surface area contributed by atoms with Crippen molar-refractivity contribution < 1.29 is 10.2 Å². The molecule has 6 heteroatoms. The monoisotopic (exact) mass is 488 g/mol. The molecule has 0 saturated heterocycles. The number of nitrogens with zero attached hydrogens (tertiary/aromatic N) is 2. The zero-order chi connectivity index (χ0) is 23.7. The molecule has 0 aliphatic rings. The number of aromatic nitrogens is 2. The molecule has 0 radical (unpaired) electrons. The van der Waals surface area contributed by atoms with E-state index in [0.717, 1.165) is 46.1 Å². The van der Waals surface area contributed by atoms with Crippen LogP contribution in [-0.4, -0.2) is 20.2 Å². The van der Waals surface area contributed by atoms with Gasteiger partial charge in [-0.15, -0.1) is 0 Å². The average molecular weight is 489 g/mol. The third kappa shape index (κ3) is 4.65. The van der Waals surface area contributed by atoms with Crippen LogP contribution >= 0.6 is 23.2 Å². The highest BCUT2D eigenvalue weighted by atomic mass is 35.5. The molecule has 5 aromatic rings. The Hall–Kier alpha value is -3.34. The van der Waals surface area contributed by atoms with Crippen molar-refractivity contribution in [3.8, 4) is 11.5 Å². The Bertz CT molecular complexity index is 1400. The van der Waals surface area contributed by atoms with Gasteiger partial charge in [-0.25, -0.2) is 9.97 Å². The molecule has 5 rings (SSSR count). The minimum atomic E-state index is 0.184. The second-order valence-electron chi connectivity index (χ2n) is 8.34. The maximum absolute atomic E-state index is 10.1. The van der Waals surface area contributed by atoms with Gasteiger partial charge in [-0.3, -0.25) is 0 Å². The molecule has 2 aromatic heterocycles. The van der Waals surface area contributed by atoms with E-state index in [1.54, 1.807) is 12.1 Å². The molecule has 0 bridgehead atoms. The van der Waals surface area contributed by atoms with Crippen LogP contribution in [0.1, 0.15) is 22.5 Å². The molecule has 4 nitrogen and oxygen atoms in total. The standard InChI is InChI=1S/C28H22Cl2N2O2/c29-23-15-19(9-13-21-11-7-17-3-1-5-25(33)27(17)31-21)20(16-24(23)30)10-14-22-12-8-18-4-2-6-26(34)28(18)32-22/h1-8,11-12,15-16,33-34H,9-10,13-14H2. The number of aromatic hydroxyl groups is 2. The van der Waals surface area contributed by atoms with Gasteiger partial charge in [0.2, 0.25) is 0 Å².